The number of rotatable bonds is 7. The van der Waals surface area contributed by atoms with Crippen molar-refractivity contribution in [3.05, 3.63) is 47.5 Å². The minimum absolute atomic E-state index is 0.455. The van der Waals surface area contributed by atoms with Gasteiger partial charge in [-0.05, 0) is 24.6 Å². The Morgan fingerprint density at radius 3 is 2.52 bits per heavy atom. The summed E-state index contributed by atoms with van der Waals surface area (Å²) in [6.07, 6.45) is -1.83. The Hall–Kier alpha value is -2.58. The van der Waals surface area contributed by atoms with E-state index in [0.717, 1.165) is 29.9 Å². The van der Waals surface area contributed by atoms with Gasteiger partial charge < -0.3 is 14.8 Å². The van der Waals surface area contributed by atoms with Gasteiger partial charge in [-0.25, -0.2) is 0 Å². The van der Waals surface area contributed by atoms with Crippen LogP contribution in [-0.2, 0) is 25.7 Å². The summed E-state index contributed by atoms with van der Waals surface area (Å²) in [5.74, 6) is 1.61. The predicted octanol–water partition coefficient (Wildman–Crippen LogP) is 2.96. The number of hydrogen-bond acceptors (Lipinski definition) is 3. The summed E-state index contributed by atoms with van der Waals surface area (Å²) >= 11 is 0. The van der Waals surface area contributed by atoms with Gasteiger partial charge in [-0.3, -0.25) is 4.99 Å². The maximum absolute atomic E-state index is 12.7. The monoisotopic (exact) mass is 382 g/mol. The number of benzene rings is 1. The van der Waals surface area contributed by atoms with Crippen LogP contribution in [0.2, 0.25) is 0 Å². The van der Waals surface area contributed by atoms with Gasteiger partial charge in [0.1, 0.15) is 12.2 Å². The quantitative estimate of drug-likeness (QED) is 0.591. The van der Waals surface area contributed by atoms with E-state index >= 15 is 0 Å². The number of nitrogens with one attached hydrogen (secondary N) is 1. The summed E-state index contributed by atoms with van der Waals surface area (Å²) < 4.78 is 40.0. The van der Waals surface area contributed by atoms with Crippen molar-refractivity contribution >= 4 is 5.96 Å². The zero-order valence-electron chi connectivity index (χ0n) is 15.8. The van der Waals surface area contributed by atoms with Crippen molar-refractivity contribution in [2.24, 2.45) is 4.99 Å². The van der Waals surface area contributed by atoms with Crippen LogP contribution < -0.4 is 5.32 Å². The lowest BCUT2D eigenvalue weighted by Crippen LogP contribution is -2.38. The lowest BCUT2D eigenvalue weighted by Gasteiger charge is -2.22. The van der Waals surface area contributed by atoms with Crippen molar-refractivity contribution in [1.82, 2.24) is 25.0 Å². The first-order chi connectivity index (χ1) is 12.8. The Kier molecular flexibility index (Phi) is 7.20. The number of guanidine groups is 1. The molecule has 27 heavy (non-hydrogen) atoms. The summed E-state index contributed by atoms with van der Waals surface area (Å²) in [5.41, 5.74) is 0.137. The molecule has 0 saturated carbocycles. The SMILES string of the molecule is CCNC(=NCCn1cnnc1CC)N(C)Cc1ccc(C(F)(F)F)cc1. The molecule has 0 radical (unpaired) electrons. The number of hydrogen-bond donors (Lipinski definition) is 1. The maximum Gasteiger partial charge on any atom is 0.416 e. The van der Waals surface area contributed by atoms with Crippen molar-refractivity contribution < 1.29 is 13.2 Å². The molecule has 0 unspecified atom stereocenters. The third-order valence-electron chi connectivity index (χ3n) is 4.01. The first-order valence-corrected chi connectivity index (χ1v) is 8.87. The summed E-state index contributed by atoms with van der Waals surface area (Å²) in [6.45, 7) is 6.35. The van der Waals surface area contributed by atoms with E-state index < -0.39 is 11.7 Å². The van der Waals surface area contributed by atoms with Gasteiger partial charge >= 0.3 is 6.18 Å². The maximum atomic E-state index is 12.7. The average Bonchev–Trinajstić information content (AvgIpc) is 3.08. The summed E-state index contributed by atoms with van der Waals surface area (Å²) in [5, 5.41) is 11.1. The average molecular weight is 382 g/mol. The number of halogens is 3. The predicted molar refractivity (Wildman–Crippen MR) is 98.3 cm³/mol. The second-order valence-electron chi connectivity index (χ2n) is 6.08. The number of aryl methyl sites for hydroxylation is 1. The van der Waals surface area contributed by atoms with E-state index in [-0.39, 0.29) is 0 Å². The molecule has 0 aliphatic heterocycles. The fraction of sp³-hybridized carbons (Fsp3) is 0.500. The second-order valence-corrected chi connectivity index (χ2v) is 6.08. The molecule has 0 fully saturated rings. The lowest BCUT2D eigenvalue weighted by molar-refractivity contribution is -0.137. The highest BCUT2D eigenvalue weighted by atomic mass is 19.4. The molecular formula is C18H25F3N6. The van der Waals surface area contributed by atoms with Crippen molar-refractivity contribution in [2.45, 2.75) is 39.5 Å². The second kappa shape index (κ2) is 9.38. The Morgan fingerprint density at radius 2 is 1.93 bits per heavy atom. The number of aromatic nitrogens is 3. The summed E-state index contributed by atoms with van der Waals surface area (Å²) in [6, 6.07) is 5.19. The molecule has 0 bridgehead atoms. The van der Waals surface area contributed by atoms with E-state index in [4.69, 9.17) is 0 Å². The van der Waals surface area contributed by atoms with Gasteiger partial charge in [0.25, 0.3) is 0 Å². The van der Waals surface area contributed by atoms with Gasteiger partial charge in [0.2, 0.25) is 0 Å². The fourth-order valence-corrected chi connectivity index (χ4v) is 2.62. The topological polar surface area (TPSA) is 58.3 Å². The van der Waals surface area contributed by atoms with Crippen LogP contribution in [0, 0.1) is 0 Å². The minimum Gasteiger partial charge on any atom is -0.357 e. The van der Waals surface area contributed by atoms with Crippen molar-refractivity contribution in [3.63, 3.8) is 0 Å². The van der Waals surface area contributed by atoms with Crippen LogP contribution in [0.3, 0.4) is 0 Å². The normalized spacial score (nSPS) is 12.3. The fourth-order valence-electron chi connectivity index (χ4n) is 2.62. The molecule has 0 saturated heterocycles. The van der Waals surface area contributed by atoms with Gasteiger partial charge in [0, 0.05) is 33.1 Å². The molecule has 0 spiro atoms. The van der Waals surface area contributed by atoms with Crippen LogP contribution in [0.25, 0.3) is 0 Å². The van der Waals surface area contributed by atoms with Gasteiger partial charge in [-0.15, -0.1) is 10.2 Å². The first-order valence-electron chi connectivity index (χ1n) is 8.87. The van der Waals surface area contributed by atoms with Gasteiger partial charge in [-0.1, -0.05) is 19.1 Å². The standard InChI is InChI=1S/C18H25F3N6/c1-4-16-25-24-13-27(16)11-10-23-17(22-5-2)26(3)12-14-6-8-15(9-7-14)18(19,20)21/h6-9,13H,4-5,10-12H2,1-3H3,(H,22,23). The molecular weight excluding hydrogens is 357 g/mol. The van der Waals surface area contributed by atoms with Crippen LogP contribution in [0.15, 0.2) is 35.6 Å². The third-order valence-corrected chi connectivity index (χ3v) is 4.01. The zero-order valence-corrected chi connectivity index (χ0v) is 15.8. The molecule has 0 amide bonds. The molecule has 0 aliphatic carbocycles. The van der Waals surface area contributed by atoms with Gasteiger partial charge in [0.05, 0.1) is 12.1 Å². The molecule has 1 heterocycles. The Labute approximate surface area is 157 Å². The summed E-state index contributed by atoms with van der Waals surface area (Å²) in [7, 11) is 1.86. The van der Waals surface area contributed by atoms with E-state index in [1.54, 1.807) is 6.33 Å². The van der Waals surface area contributed by atoms with Crippen LogP contribution in [-0.4, -0.2) is 45.8 Å². The largest absolute Gasteiger partial charge is 0.416 e. The van der Waals surface area contributed by atoms with Crippen molar-refractivity contribution in [1.29, 1.82) is 0 Å². The molecule has 148 valence electrons. The zero-order chi connectivity index (χ0) is 19.9. The Morgan fingerprint density at radius 1 is 1.22 bits per heavy atom. The lowest BCUT2D eigenvalue weighted by atomic mass is 10.1. The summed E-state index contributed by atoms with van der Waals surface area (Å²) in [4.78, 5) is 6.48. The van der Waals surface area contributed by atoms with E-state index in [2.05, 4.69) is 20.5 Å². The van der Waals surface area contributed by atoms with Crippen LogP contribution in [0.1, 0.15) is 30.8 Å². The molecule has 0 atom stereocenters. The number of aliphatic imine (C=N–C) groups is 1. The van der Waals surface area contributed by atoms with Crippen LogP contribution in [0.4, 0.5) is 13.2 Å². The van der Waals surface area contributed by atoms with E-state index in [0.29, 0.717) is 32.1 Å². The van der Waals surface area contributed by atoms with Crippen molar-refractivity contribution in [3.8, 4) is 0 Å². The van der Waals surface area contributed by atoms with E-state index in [1.807, 2.05) is 30.4 Å². The molecule has 2 aromatic rings. The highest BCUT2D eigenvalue weighted by Crippen LogP contribution is 2.29. The first kappa shape index (κ1) is 20.7. The Balaban J connectivity index is 2.00. The number of alkyl halides is 3. The van der Waals surface area contributed by atoms with Crippen molar-refractivity contribution in [2.75, 3.05) is 20.1 Å². The highest BCUT2D eigenvalue weighted by Gasteiger charge is 2.29. The van der Waals surface area contributed by atoms with E-state index in [1.165, 1.54) is 12.1 Å². The van der Waals surface area contributed by atoms with Gasteiger partial charge in [-0.2, -0.15) is 13.2 Å². The smallest absolute Gasteiger partial charge is 0.357 e. The Bertz CT molecular complexity index is 736. The molecule has 6 nitrogen and oxygen atoms in total. The molecule has 2 rings (SSSR count). The highest BCUT2D eigenvalue weighted by molar-refractivity contribution is 5.79. The molecule has 1 aromatic carbocycles. The molecule has 1 aromatic heterocycles. The van der Waals surface area contributed by atoms with E-state index in [9.17, 15) is 13.2 Å². The third kappa shape index (κ3) is 5.97. The van der Waals surface area contributed by atoms with Gasteiger partial charge in [0.15, 0.2) is 5.96 Å². The molecule has 9 heteroatoms. The van der Waals surface area contributed by atoms with Crippen LogP contribution in [0.5, 0.6) is 0 Å². The van der Waals surface area contributed by atoms with Crippen LogP contribution >= 0.6 is 0 Å². The molecule has 1 N–H and O–H groups in total. The number of nitrogens with zero attached hydrogens (tertiary/aromatic N) is 5. The molecule has 0 aliphatic rings. The minimum atomic E-state index is -4.32.